The Labute approximate surface area is 122 Å². The minimum Gasteiger partial charge on any atom is -0.382 e. The van der Waals surface area contributed by atoms with Crippen LogP contribution in [0.4, 0.5) is 0 Å². The third-order valence-corrected chi connectivity index (χ3v) is 6.14. The predicted molar refractivity (Wildman–Crippen MR) is 79.2 cm³/mol. The summed E-state index contributed by atoms with van der Waals surface area (Å²) < 4.78 is 27.8. The van der Waals surface area contributed by atoms with Gasteiger partial charge < -0.3 is 14.2 Å². The van der Waals surface area contributed by atoms with Gasteiger partial charge in [0.15, 0.2) is 0 Å². The van der Waals surface area contributed by atoms with E-state index in [0.717, 1.165) is 10.4 Å². The van der Waals surface area contributed by atoms with Crippen LogP contribution in [0.2, 0.25) is 0 Å². The molecule has 0 aromatic carbocycles. The maximum absolute atomic E-state index is 11.6. The molecule has 0 aliphatic heterocycles. The Bertz CT molecular complexity index is 498. The Kier molecular flexibility index (Phi) is 6.81. The maximum Gasteiger partial charge on any atom is 0.147 e. The average Bonchev–Trinajstić information content (AvgIpc) is 2.70. The van der Waals surface area contributed by atoms with Crippen molar-refractivity contribution in [1.29, 1.82) is 0 Å². The topological polar surface area (TPSA) is 70.8 Å². The van der Waals surface area contributed by atoms with Crippen molar-refractivity contribution in [3.8, 4) is 0 Å². The van der Waals surface area contributed by atoms with Gasteiger partial charge in [-0.3, -0.25) is 0 Å². The molecule has 0 spiro atoms. The van der Waals surface area contributed by atoms with E-state index in [1.807, 2.05) is 13.8 Å². The zero-order valence-corrected chi connectivity index (χ0v) is 13.7. The summed E-state index contributed by atoms with van der Waals surface area (Å²) in [6.07, 6.45) is -0.155. The molecule has 2 unspecified atom stereocenters. The van der Waals surface area contributed by atoms with E-state index in [4.69, 9.17) is 30.5 Å². The maximum atomic E-state index is 11.6. The first-order chi connectivity index (χ1) is 8.86. The fourth-order valence-corrected chi connectivity index (χ4v) is 3.87. The second-order valence-corrected chi connectivity index (χ2v) is 8.34. The van der Waals surface area contributed by atoms with E-state index in [-0.39, 0.29) is 12.9 Å². The molecule has 0 fully saturated rings. The number of aryl methyl sites for hydroxylation is 1. The van der Waals surface area contributed by atoms with Crippen LogP contribution in [0, 0.1) is 6.92 Å². The van der Waals surface area contributed by atoms with Crippen molar-refractivity contribution in [2.75, 3.05) is 27.1 Å². The summed E-state index contributed by atoms with van der Waals surface area (Å²) in [4.78, 5) is 0.966. The highest BCUT2D eigenvalue weighted by Gasteiger charge is 2.16. The summed E-state index contributed by atoms with van der Waals surface area (Å²) in [5, 5.41) is 5.47. The largest absolute Gasteiger partial charge is 0.382 e. The lowest BCUT2D eigenvalue weighted by Crippen LogP contribution is -2.08. The van der Waals surface area contributed by atoms with Gasteiger partial charge in [0, 0.05) is 23.2 Å². The molecular formula is C11H19NO4S3. The second-order valence-electron chi connectivity index (χ2n) is 3.99. The molecule has 5 nitrogen and oxygen atoms in total. The van der Waals surface area contributed by atoms with Gasteiger partial charge in [0.2, 0.25) is 0 Å². The summed E-state index contributed by atoms with van der Waals surface area (Å²) in [5.74, 6) is 0. The van der Waals surface area contributed by atoms with Crippen LogP contribution in [0.3, 0.4) is 0 Å². The molecule has 1 aromatic heterocycles. The van der Waals surface area contributed by atoms with E-state index in [1.165, 1.54) is 11.3 Å². The molecule has 1 heterocycles. The smallest absolute Gasteiger partial charge is 0.147 e. The van der Waals surface area contributed by atoms with Crippen molar-refractivity contribution in [1.82, 2.24) is 0 Å². The lowest BCUT2D eigenvalue weighted by Gasteiger charge is -2.12. The van der Waals surface area contributed by atoms with Gasteiger partial charge >= 0.3 is 0 Å². The van der Waals surface area contributed by atoms with Crippen molar-refractivity contribution in [2.24, 2.45) is 5.14 Å². The summed E-state index contributed by atoms with van der Waals surface area (Å²) in [6.45, 7) is 5.03. The minimum absolute atomic E-state index is 0.155. The van der Waals surface area contributed by atoms with Crippen molar-refractivity contribution < 1.29 is 18.4 Å². The Morgan fingerprint density at radius 3 is 2.74 bits per heavy atom. The van der Waals surface area contributed by atoms with Crippen LogP contribution in [0.5, 0.6) is 0 Å². The van der Waals surface area contributed by atoms with Gasteiger partial charge in [-0.25, -0.2) is 9.35 Å². The summed E-state index contributed by atoms with van der Waals surface area (Å²) in [6, 6.07) is 1.76. The number of hydrogen-bond acceptors (Lipinski definition) is 6. The molecule has 2 atom stereocenters. The average molecular weight is 325 g/mol. The van der Waals surface area contributed by atoms with Crippen molar-refractivity contribution >= 4 is 31.2 Å². The quantitative estimate of drug-likeness (QED) is 0.582. The van der Waals surface area contributed by atoms with Crippen LogP contribution in [-0.4, -0.2) is 31.3 Å². The fourth-order valence-electron chi connectivity index (χ4n) is 1.44. The first kappa shape index (κ1) is 17.0. The number of ether oxygens (including phenoxy) is 3. The lowest BCUT2D eigenvalue weighted by molar-refractivity contribution is -0.0930. The standard InChI is InChI=1S/C11H19NO4S3/c1-8-6-10(19(12,13)17)18-11(8)9(2)16-7-15-5-4-14-3/h6,9H,4-5,7H2,1-3H3,(H2,12,13,17). The number of thiophene rings is 1. The molecule has 8 heteroatoms. The van der Waals surface area contributed by atoms with Crippen LogP contribution >= 0.6 is 11.3 Å². The van der Waals surface area contributed by atoms with Gasteiger partial charge in [0.25, 0.3) is 0 Å². The van der Waals surface area contributed by atoms with E-state index in [9.17, 15) is 4.21 Å². The van der Waals surface area contributed by atoms with Crippen LogP contribution in [0.15, 0.2) is 10.3 Å². The van der Waals surface area contributed by atoms with Gasteiger partial charge in [0.1, 0.15) is 19.7 Å². The van der Waals surface area contributed by atoms with E-state index >= 15 is 0 Å². The van der Waals surface area contributed by atoms with E-state index in [2.05, 4.69) is 0 Å². The Balaban J connectivity index is 2.57. The third-order valence-electron chi connectivity index (χ3n) is 2.42. The lowest BCUT2D eigenvalue weighted by atomic mass is 10.2. The molecule has 0 aliphatic rings. The van der Waals surface area contributed by atoms with Gasteiger partial charge in [-0.05, 0) is 25.5 Å². The fraction of sp³-hybridized carbons (Fsp3) is 0.636. The molecule has 2 N–H and O–H groups in total. The molecule has 0 aliphatic carbocycles. The van der Waals surface area contributed by atoms with Gasteiger partial charge in [-0.2, -0.15) is 0 Å². The Morgan fingerprint density at radius 2 is 2.21 bits per heavy atom. The highest BCUT2D eigenvalue weighted by atomic mass is 32.8. The summed E-state index contributed by atoms with van der Waals surface area (Å²) >= 11 is 6.12. The molecule has 0 saturated heterocycles. The molecular weight excluding hydrogens is 306 g/mol. The molecule has 110 valence electrons. The van der Waals surface area contributed by atoms with Crippen LogP contribution < -0.4 is 5.14 Å². The third kappa shape index (κ3) is 5.42. The van der Waals surface area contributed by atoms with Crippen molar-refractivity contribution in [3.05, 3.63) is 16.5 Å². The second kappa shape index (κ2) is 7.63. The first-order valence-electron chi connectivity index (χ1n) is 5.67. The monoisotopic (exact) mass is 325 g/mol. The molecule has 1 rings (SSSR count). The normalized spacial score (nSPS) is 16.2. The number of methoxy groups -OCH3 is 1. The van der Waals surface area contributed by atoms with Gasteiger partial charge in [-0.15, -0.1) is 11.3 Å². The van der Waals surface area contributed by atoms with Crippen LogP contribution in [-0.2, 0) is 34.1 Å². The SMILES string of the molecule is COCCOCOC(C)c1sc(S(N)(=O)=S)cc1C. The number of nitrogens with two attached hydrogens (primary N) is 1. The van der Waals surface area contributed by atoms with Gasteiger partial charge in [-0.1, -0.05) is 0 Å². The molecule has 19 heavy (non-hydrogen) atoms. The molecule has 0 amide bonds. The molecule has 0 bridgehead atoms. The number of rotatable bonds is 8. The summed E-state index contributed by atoms with van der Waals surface area (Å²) in [5.41, 5.74) is 0.979. The Hall–Kier alpha value is -0.0900. The molecule has 0 radical (unpaired) electrons. The van der Waals surface area contributed by atoms with Gasteiger partial charge in [0.05, 0.1) is 19.3 Å². The van der Waals surface area contributed by atoms with E-state index in [1.54, 1.807) is 13.2 Å². The minimum atomic E-state index is -2.82. The Morgan fingerprint density at radius 1 is 1.53 bits per heavy atom. The number of hydrogen-bond donors (Lipinski definition) is 1. The van der Waals surface area contributed by atoms with Crippen molar-refractivity contribution in [3.63, 3.8) is 0 Å². The molecule has 1 aromatic rings. The van der Waals surface area contributed by atoms with Crippen LogP contribution in [0.25, 0.3) is 0 Å². The first-order valence-corrected chi connectivity index (χ1v) is 9.04. The highest BCUT2D eigenvalue weighted by Crippen LogP contribution is 2.31. The predicted octanol–water partition coefficient (Wildman–Crippen LogP) is 1.73. The van der Waals surface area contributed by atoms with Crippen molar-refractivity contribution in [2.45, 2.75) is 24.2 Å². The molecule has 0 saturated carbocycles. The van der Waals surface area contributed by atoms with E-state index in [0.29, 0.717) is 17.4 Å². The zero-order valence-electron chi connectivity index (χ0n) is 11.2. The summed E-state index contributed by atoms with van der Waals surface area (Å²) in [7, 11) is -1.21. The highest BCUT2D eigenvalue weighted by molar-refractivity contribution is 8.32. The van der Waals surface area contributed by atoms with E-state index < -0.39 is 8.68 Å². The zero-order chi connectivity index (χ0) is 14.5. The van der Waals surface area contributed by atoms with Crippen LogP contribution in [0.1, 0.15) is 23.5 Å².